The first kappa shape index (κ1) is 23.2. The Bertz CT molecular complexity index is 1070. The standard InChI is InChI=1S/C21H26N4O4S2/c1-14-19(20(27)24-31(2,28)29)23-21(30-14)25(17-9-7-15(13-22)8-10-17)12-11-16-5-3-4-6-18(16)26/h7-10,16,18,26H,3-6,11-12H2,1-2H3,(H,24,27)/t16-,18-/m0/s1. The Balaban J connectivity index is 1.89. The molecule has 0 saturated heterocycles. The van der Waals surface area contributed by atoms with Gasteiger partial charge < -0.3 is 10.0 Å². The summed E-state index contributed by atoms with van der Waals surface area (Å²) in [5.74, 6) is -0.561. The van der Waals surface area contributed by atoms with Crippen LogP contribution in [0.15, 0.2) is 24.3 Å². The first-order valence-electron chi connectivity index (χ1n) is 10.1. The van der Waals surface area contributed by atoms with E-state index in [1.165, 1.54) is 11.3 Å². The van der Waals surface area contributed by atoms with Crippen molar-refractivity contribution in [2.75, 3.05) is 17.7 Å². The van der Waals surface area contributed by atoms with Gasteiger partial charge >= 0.3 is 0 Å². The van der Waals surface area contributed by atoms with Gasteiger partial charge in [0.25, 0.3) is 5.91 Å². The van der Waals surface area contributed by atoms with E-state index in [0.29, 0.717) is 22.1 Å². The number of amides is 1. The Hall–Kier alpha value is -2.48. The van der Waals surface area contributed by atoms with E-state index in [4.69, 9.17) is 5.26 Å². The number of hydrogen-bond donors (Lipinski definition) is 2. The van der Waals surface area contributed by atoms with Crippen LogP contribution in [0.3, 0.4) is 0 Å². The molecular weight excluding hydrogens is 436 g/mol. The van der Waals surface area contributed by atoms with Gasteiger partial charge in [0.05, 0.1) is 24.0 Å². The first-order chi connectivity index (χ1) is 14.7. The van der Waals surface area contributed by atoms with Gasteiger partial charge in [-0.3, -0.25) is 4.79 Å². The van der Waals surface area contributed by atoms with Gasteiger partial charge in [-0.05, 0) is 56.4 Å². The van der Waals surface area contributed by atoms with Gasteiger partial charge in [-0.15, -0.1) is 11.3 Å². The lowest BCUT2D eigenvalue weighted by molar-refractivity contribution is 0.0666. The lowest BCUT2D eigenvalue weighted by Gasteiger charge is -2.30. The van der Waals surface area contributed by atoms with Crippen LogP contribution in [-0.4, -0.2) is 43.3 Å². The van der Waals surface area contributed by atoms with Gasteiger partial charge in [0, 0.05) is 17.1 Å². The third-order valence-corrected chi connectivity index (χ3v) is 6.96. The van der Waals surface area contributed by atoms with Gasteiger partial charge in [0.1, 0.15) is 5.69 Å². The lowest BCUT2D eigenvalue weighted by Crippen LogP contribution is -2.30. The molecule has 31 heavy (non-hydrogen) atoms. The molecule has 0 aliphatic heterocycles. The van der Waals surface area contributed by atoms with E-state index < -0.39 is 15.9 Å². The molecule has 3 rings (SSSR count). The Morgan fingerprint density at radius 1 is 1.32 bits per heavy atom. The minimum absolute atomic E-state index is 0.0711. The zero-order chi connectivity index (χ0) is 22.6. The van der Waals surface area contributed by atoms with Crippen LogP contribution in [0.25, 0.3) is 0 Å². The van der Waals surface area contributed by atoms with Crippen LogP contribution >= 0.6 is 11.3 Å². The Morgan fingerprint density at radius 2 is 2.00 bits per heavy atom. The fourth-order valence-electron chi connectivity index (χ4n) is 3.80. The van der Waals surface area contributed by atoms with Gasteiger partial charge in [0.2, 0.25) is 10.0 Å². The van der Waals surface area contributed by atoms with E-state index in [0.717, 1.165) is 44.0 Å². The quantitative estimate of drug-likeness (QED) is 0.648. The highest BCUT2D eigenvalue weighted by Crippen LogP contribution is 2.34. The molecule has 1 heterocycles. The molecule has 2 aromatic rings. The summed E-state index contributed by atoms with van der Waals surface area (Å²) < 4.78 is 24.8. The lowest BCUT2D eigenvalue weighted by atomic mass is 9.84. The zero-order valence-electron chi connectivity index (χ0n) is 17.5. The maximum absolute atomic E-state index is 12.4. The van der Waals surface area contributed by atoms with Crippen molar-refractivity contribution in [3.05, 3.63) is 40.4 Å². The number of aromatic nitrogens is 1. The van der Waals surface area contributed by atoms with Crippen LogP contribution in [0.4, 0.5) is 10.8 Å². The number of carbonyl (C=O) groups excluding carboxylic acids is 1. The number of carbonyl (C=O) groups is 1. The average molecular weight is 463 g/mol. The molecular formula is C21H26N4O4S2. The summed E-state index contributed by atoms with van der Waals surface area (Å²) in [7, 11) is -3.70. The van der Waals surface area contributed by atoms with Crippen molar-refractivity contribution >= 4 is 38.1 Å². The second kappa shape index (κ2) is 9.77. The minimum Gasteiger partial charge on any atom is -0.393 e. The Labute approximate surface area is 186 Å². The number of aliphatic hydroxyl groups is 1. The summed E-state index contributed by atoms with van der Waals surface area (Å²) in [5.41, 5.74) is 1.42. The number of nitriles is 1. The molecule has 2 N–H and O–H groups in total. The van der Waals surface area contributed by atoms with Crippen molar-refractivity contribution in [2.24, 2.45) is 5.92 Å². The van der Waals surface area contributed by atoms with Crippen LogP contribution in [0.5, 0.6) is 0 Å². The summed E-state index contributed by atoms with van der Waals surface area (Å²) in [5, 5.41) is 20.0. The molecule has 1 fully saturated rings. The number of anilines is 2. The number of sulfonamides is 1. The molecule has 2 atom stereocenters. The molecule has 1 amide bonds. The van der Waals surface area contributed by atoms with Crippen molar-refractivity contribution in [1.82, 2.24) is 9.71 Å². The van der Waals surface area contributed by atoms with E-state index in [-0.39, 0.29) is 17.7 Å². The number of aliphatic hydroxyl groups excluding tert-OH is 1. The van der Waals surface area contributed by atoms with Crippen LogP contribution in [0.2, 0.25) is 0 Å². The predicted molar refractivity (Wildman–Crippen MR) is 120 cm³/mol. The van der Waals surface area contributed by atoms with E-state index in [2.05, 4.69) is 11.1 Å². The highest BCUT2D eigenvalue weighted by molar-refractivity contribution is 7.89. The third kappa shape index (κ3) is 6.03. The molecule has 1 aliphatic carbocycles. The number of nitrogens with one attached hydrogen (secondary N) is 1. The SMILES string of the molecule is Cc1sc(N(CC[C@@H]2CCCC[C@@H]2O)c2ccc(C#N)cc2)nc1C(=O)NS(C)(=O)=O. The predicted octanol–water partition coefficient (Wildman–Crippen LogP) is 3.09. The van der Waals surface area contributed by atoms with Crippen LogP contribution in [-0.2, 0) is 10.0 Å². The van der Waals surface area contributed by atoms with Crippen LogP contribution in [0.1, 0.15) is 53.0 Å². The second-order valence-corrected chi connectivity index (χ2v) is 10.7. The fourth-order valence-corrected chi connectivity index (χ4v) is 5.18. The molecule has 1 aliphatic rings. The van der Waals surface area contributed by atoms with Crippen molar-refractivity contribution < 1.29 is 18.3 Å². The fraction of sp³-hybridized carbons (Fsp3) is 0.476. The van der Waals surface area contributed by atoms with Crippen molar-refractivity contribution in [3.8, 4) is 6.07 Å². The Morgan fingerprint density at radius 3 is 2.61 bits per heavy atom. The normalized spacial score (nSPS) is 18.9. The average Bonchev–Trinajstić information content (AvgIpc) is 3.10. The summed E-state index contributed by atoms with van der Waals surface area (Å²) in [6, 6.07) is 9.18. The second-order valence-electron chi connectivity index (χ2n) is 7.82. The molecule has 166 valence electrons. The number of benzene rings is 1. The highest BCUT2D eigenvalue weighted by atomic mass is 32.2. The molecule has 0 bridgehead atoms. The highest BCUT2D eigenvalue weighted by Gasteiger charge is 2.26. The van der Waals surface area contributed by atoms with E-state index in [9.17, 15) is 18.3 Å². The molecule has 0 radical (unpaired) electrons. The molecule has 0 spiro atoms. The molecule has 1 aromatic heterocycles. The summed E-state index contributed by atoms with van der Waals surface area (Å²) in [6.07, 6.45) is 5.29. The first-order valence-corrected chi connectivity index (χ1v) is 12.8. The van der Waals surface area contributed by atoms with Crippen molar-refractivity contribution in [3.63, 3.8) is 0 Å². The monoisotopic (exact) mass is 462 g/mol. The maximum atomic E-state index is 12.4. The zero-order valence-corrected chi connectivity index (χ0v) is 19.2. The van der Waals surface area contributed by atoms with Crippen molar-refractivity contribution in [2.45, 2.75) is 45.1 Å². The topological polar surface area (TPSA) is 123 Å². The molecule has 0 unspecified atom stereocenters. The van der Waals surface area contributed by atoms with Crippen LogP contribution in [0, 0.1) is 24.2 Å². The van der Waals surface area contributed by atoms with Crippen LogP contribution < -0.4 is 9.62 Å². The number of hydrogen-bond acceptors (Lipinski definition) is 8. The summed E-state index contributed by atoms with van der Waals surface area (Å²) in [4.78, 5) is 19.3. The third-order valence-electron chi connectivity index (χ3n) is 5.41. The van der Waals surface area contributed by atoms with Gasteiger partial charge in [-0.25, -0.2) is 18.1 Å². The minimum atomic E-state index is -3.70. The number of rotatable bonds is 7. The number of nitrogens with zero attached hydrogens (tertiary/aromatic N) is 3. The maximum Gasteiger partial charge on any atom is 0.284 e. The molecule has 8 nitrogen and oxygen atoms in total. The summed E-state index contributed by atoms with van der Waals surface area (Å²) in [6.45, 7) is 2.30. The van der Waals surface area contributed by atoms with E-state index >= 15 is 0 Å². The van der Waals surface area contributed by atoms with Crippen molar-refractivity contribution in [1.29, 1.82) is 5.26 Å². The number of thiazole rings is 1. The largest absolute Gasteiger partial charge is 0.393 e. The molecule has 1 aromatic carbocycles. The number of aryl methyl sites for hydroxylation is 1. The van der Waals surface area contributed by atoms with Gasteiger partial charge in [-0.1, -0.05) is 12.8 Å². The molecule has 1 saturated carbocycles. The van der Waals surface area contributed by atoms with E-state index in [1.807, 2.05) is 21.8 Å². The van der Waals surface area contributed by atoms with Gasteiger partial charge in [0.15, 0.2) is 5.13 Å². The Kier molecular flexibility index (Phi) is 7.30. The van der Waals surface area contributed by atoms with Gasteiger partial charge in [-0.2, -0.15) is 5.26 Å². The summed E-state index contributed by atoms with van der Waals surface area (Å²) >= 11 is 1.30. The van der Waals surface area contributed by atoms with E-state index in [1.54, 1.807) is 19.1 Å². The smallest absolute Gasteiger partial charge is 0.284 e. The molecule has 10 heteroatoms.